The second-order valence-electron chi connectivity index (χ2n) is 4.15. The highest BCUT2D eigenvalue weighted by atomic mass is 16.2. The number of aromatic nitrogens is 3. The number of pyridine rings is 1. The van der Waals surface area contributed by atoms with Crippen LogP contribution in [0.15, 0.2) is 35.4 Å². The molecule has 6 heteroatoms. The summed E-state index contributed by atoms with van der Waals surface area (Å²) in [5.41, 5.74) is 0.858. The fourth-order valence-electron chi connectivity index (χ4n) is 1.76. The van der Waals surface area contributed by atoms with Gasteiger partial charge in [0.25, 0.3) is 5.56 Å². The smallest absolute Gasteiger partial charge is 0.250 e. The summed E-state index contributed by atoms with van der Waals surface area (Å²) in [6.45, 7) is 2.35. The fraction of sp³-hybridized carbons (Fsp3) is 0.308. The number of aromatic amines is 1. The molecule has 100 valence electrons. The standard InChI is InChI=1S/C13H16N4O2/c1-2-10-9-14-16-13(10)15-11(18)6-8-17-7-4-3-5-12(17)19/h3-5,7,9H,2,6,8H2,1H3,(H2,14,15,16,18). The van der Waals surface area contributed by atoms with Crippen molar-refractivity contribution < 1.29 is 4.79 Å². The average Bonchev–Trinajstić information content (AvgIpc) is 2.85. The van der Waals surface area contributed by atoms with E-state index in [1.165, 1.54) is 10.6 Å². The molecule has 0 unspecified atom stereocenters. The van der Waals surface area contributed by atoms with E-state index in [0.717, 1.165) is 12.0 Å². The molecule has 1 amide bonds. The molecule has 0 aliphatic rings. The summed E-state index contributed by atoms with van der Waals surface area (Å²) in [7, 11) is 0. The molecule has 2 aromatic heterocycles. The van der Waals surface area contributed by atoms with E-state index < -0.39 is 0 Å². The van der Waals surface area contributed by atoms with Gasteiger partial charge in [0.15, 0.2) is 0 Å². The molecular weight excluding hydrogens is 244 g/mol. The van der Waals surface area contributed by atoms with E-state index in [9.17, 15) is 9.59 Å². The van der Waals surface area contributed by atoms with Crippen LogP contribution in [-0.2, 0) is 17.8 Å². The average molecular weight is 260 g/mol. The van der Waals surface area contributed by atoms with Gasteiger partial charge in [-0.1, -0.05) is 13.0 Å². The SMILES string of the molecule is CCc1cn[nH]c1NC(=O)CCn1ccccc1=O. The maximum atomic E-state index is 11.8. The third kappa shape index (κ3) is 3.31. The quantitative estimate of drug-likeness (QED) is 0.846. The second kappa shape index (κ2) is 5.99. The Kier molecular flexibility index (Phi) is 4.12. The lowest BCUT2D eigenvalue weighted by Gasteiger charge is -2.06. The Morgan fingerprint density at radius 2 is 2.32 bits per heavy atom. The zero-order chi connectivity index (χ0) is 13.7. The van der Waals surface area contributed by atoms with E-state index in [2.05, 4.69) is 15.5 Å². The van der Waals surface area contributed by atoms with Gasteiger partial charge < -0.3 is 9.88 Å². The minimum Gasteiger partial charge on any atom is -0.315 e. The van der Waals surface area contributed by atoms with Crippen molar-refractivity contribution in [3.8, 4) is 0 Å². The van der Waals surface area contributed by atoms with Crippen molar-refractivity contribution in [3.63, 3.8) is 0 Å². The van der Waals surface area contributed by atoms with Gasteiger partial charge in [-0.25, -0.2) is 0 Å². The molecular formula is C13H16N4O2. The van der Waals surface area contributed by atoms with Crippen LogP contribution < -0.4 is 10.9 Å². The van der Waals surface area contributed by atoms with Crippen molar-refractivity contribution in [2.45, 2.75) is 26.3 Å². The van der Waals surface area contributed by atoms with Crippen LogP contribution in [0.1, 0.15) is 18.9 Å². The molecule has 0 bridgehead atoms. The first kappa shape index (κ1) is 13.1. The first-order valence-electron chi connectivity index (χ1n) is 6.18. The van der Waals surface area contributed by atoms with E-state index >= 15 is 0 Å². The van der Waals surface area contributed by atoms with E-state index in [1.807, 2.05) is 6.92 Å². The highest BCUT2D eigenvalue weighted by Crippen LogP contribution is 2.11. The Morgan fingerprint density at radius 1 is 1.47 bits per heavy atom. The number of rotatable bonds is 5. The van der Waals surface area contributed by atoms with Crippen molar-refractivity contribution >= 4 is 11.7 Å². The number of hydrogen-bond donors (Lipinski definition) is 2. The Hall–Kier alpha value is -2.37. The molecule has 0 fully saturated rings. The number of nitrogens with one attached hydrogen (secondary N) is 2. The summed E-state index contributed by atoms with van der Waals surface area (Å²) in [4.78, 5) is 23.3. The highest BCUT2D eigenvalue weighted by molar-refractivity contribution is 5.90. The topological polar surface area (TPSA) is 79.8 Å². The van der Waals surface area contributed by atoms with Gasteiger partial charge in [0.05, 0.1) is 6.20 Å². The maximum Gasteiger partial charge on any atom is 0.250 e. The Balaban J connectivity index is 1.92. The van der Waals surface area contributed by atoms with Crippen LogP contribution in [0.4, 0.5) is 5.82 Å². The van der Waals surface area contributed by atoms with Gasteiger partial charge in [0.2, 0.25) is 5.91 Å². The molecule has 0 saturated heterocycles. The number of aryl methyl sites for hydroxylation is 2. The van der Waals surface area contributed by atoms with Crippen LogP contribution >= 0.6 is 0 Å². The predicted octanol–water partition coefficient (Wildman–Crippen LogP) is 1.16. The predicted molar refractivity (Wildman–Crippen MR) is 71.9 cm³/mol. The van der Waals surface area contributed by atoms with Crippen LogP contribution in [0.5, 0.6) is 0 Å². The molecule has 0 aliphatic heterocycles. The first-order chi connectivity index (χ1) is 9.20. The number of carbonyl (C=O) groups is 1. The van der Waals surface area contributed by atoms with Gasteiger partial charge >= 0.3 is 0 Å². The Bertz CT molecular complexity index is 615. The lowest BCUT2D eigenvalue weighted by Crippen LogP contribution is -2.22. The number of anilines is 1. The molecule has 2 aromatic rings. The molecule has 6 nitrogen and oxygen atoms in total. The number of H-pyrrole nitrogens is 1. The zero-order valence-corrected chi connectivity index (χ0v) is 10.7. The molecule has 0 atom stereocenters. The van der Waals surface area contributed by atoms with Crippen LogP contribution in [0.2, 0.25) is 0 Å². The van der Waals surface area contributed by atoms with E-state index in [0.29, 0.717) is 12.4 Å². The summed E-state index contributed by atoms with van der Waals surface area (Å²) in [6, 6.07) is 4.92. The molecule has 0 radical (unpaired) electrons. The zero-order valence-electron chi connectivity index (χ0n) is 10.7. The van der Waals surface area contributed by atoms with Crippen molar-refractivity contribution in [1.29, 1.82) is 0 Å². The highest BCUT2D eigenvalue weighted by Gasteiger charge is 2.08. The van der Waals surface area contributed by atoms with E-state index in [-0.39, 0.29) is 17.9 Å². The van der Waals surface area contributed by atoms with Gasteiger partial charge in [-0.3, -0.25) is 14.7 Å². The summed E-state index contributed by atoms with van der Waals surface area (Å²) < 4.78 is 1.51. The minimum absolute atomic E-state index is 0.105. The Morgan fingerprint density at radius 3 is 3.05 bits per heavy atom. The van der Waals surface area contributed by atoms with Gasteiger partial charge in [-0.2, -0.15) is 5.10 Å². The molecule has 19 heavy (non-hydrogen) atoms. The van der Waals surface area contributed by atoms with Gasteiger partial charge in [0.1, 0.15) is 5.82 Å². The van der Waals surface area contributed by atoms with Crippen LogP contribution in [0, 0.1) is 0 Å². The molecule has 0 aromatic carbocycles. The molecule has 2 rings (SSSR count). The minimum atomic E-state index is -0.144. The summed E-state index contributed by atoms with van der Waals surface area (Å²) in [5.74, 6) is 0.489. The summed E-state index contributed by atoms with van der Waals surface area (Å²) in [5, 5.41) is 9.39. The maximum absolute atomic E-state index is 11.8. The summed E-state index contributed by atoms with van der Waals surface area (Å²) >= 11 is 0. The lowest BCUT2D eigenvalue weighted by atomic mass is 10.2. The van der Waals surface area contributed by atoms with Gasteiger partial charge in [-0.15, -0.1) is 0 Å². The lowest BCUT2D eigenvalue weighted by molar-refractivity contribution is -0.116. The van der Waals surface area contributed by atoms with Crippen molar-refractivity contribution in [2.75, 3.05) is 5.32 Å². The number of carbonyl (C=O) groups excluding carboxylic acids is 1. The second-order valence-corrected chi connectivity index (χ2v) is 4.15. The molecule has 2 N–H and O–H groups in total. The summed E-state index contributed by atoms with van der Waals surface area (Å²) in [6.07, 6.45) is 4.40. The van der Waals surface area contributed by atoms with Crippen LogP contribution in [0.25, 0.3) is 0 Å². The van der Waals surface area contributed by atoms with E-state index in [1.54, 1.807) is 24.5 Å². The van der Waals surface area contributed by atoms with Gasteiger partial charge in [0, 0.05) is 30.8 Å². The number of amides is 1. The van der Waals surface area contributed by atoms with E-state index in [4.69, 9.17) is 0 Å². The molecule has 0 aliphatic carbocycles. The monoisotopic (exact) mass is 260 g/mol. The third-order valence-electron chi connectivity index (χ3n) is 2.84. The number of hydrogen-bond acceptors (Lipinski definition) is 3. The molecule has 2 heterocycles. The molecule has 0 spiro atoms. The Labute approximate surface area is 110 Å². The first-order valence-corrected chi connectivity index (χ1v) is 6.18. The van der Waals surface area contributed by atoms with Crippen molar-refractivity contribution in [2.24, 2.45) is 0 Å². The third-order valence-corrected chi connectivity index (χ3v) is 2.84. The molecule has 0 saturated carbocycles. The number of nitrogens with zero attached hydrogens (tertiary/aromatic N) is 2. The van der Waals surface area contributed by atoms with Crippen LogP contribution in [0.3, 0.4) is 0 Å². The van der Waals surface area contributed by atoms with Crippen LogP contribution in [-0.4, -0.2) is 20.7 Å². The van der Waals surface area contributed by atoms with Gasteiger partial charge in [-0.05, 0) is 12.5 Å². The largest absolute Gasteiger partial charge is 0.315 e. The van der Waals surface area contributed by atoms with Crippen molar-refractivity contribution in [3.05, 3.63) is 46.5 Å². The normalized spacial score (nSPS) is 10.4. The fourth-order valence-corrected chi connectivity index (χ4v) is 1.76. The van der Waals surface area contributed by atoms with Crippen molar-refractivity contribution in [1.82, 2.24) is 14.8 Å².